The molecule has 102 valence electrons. The molecule has 1 atom stereocenters. The van der Waals surface area contributed by atoms with Crippen LogP contribution in [-0.4, -0.2) is 6.10 Å². The first-order chi connectivity index (χ1) is 9.06. The number of hydrogen-bond donors (Lipinski definition) is 1. The molecular formula is C15H18BrNOS. The van der Waals surface area contributed by atoms with Gasteiger partial charge in [0.15, 0.2) is 0 Å². The highest BCUT2D eigenvalue weighted by Crippen LogP contribution is 2.28. The molecule has 1 aromatic heterocycles. The van der Waals surface area contributed by atoms with Gasteiger partial charge in [-0.2, -0.15) is 0 Å². The van der Waals surface area contributed by atoms with Gasteiger partial charge in [-0.25, -0.2) is 0 Å². The van der Waals surface area contributed by atoms with Crippen LogP contribution < -0.4 is 10.5 Å². The molecule has 0 spiro atoms. The molecule has 0 bridgehead atoms. The van der Waals surface area contributed by atoms with Crippen LogP contribution in [0, 0.1) is 0 Å². The van der Waals surface area contributed by atoms with E-state index in [1.54, 1.807) is 11.3 Å². The Hall–Kier alpha value is -0.840. The Morgan fingerprint density at radius 2 is 2.11 bits per heavy atom. The minimum atomic E-state index is -0.00865. The van der Waals surface area contributed by atoms with Crippen LogP contribution in [-0.2, 0) is 6.42 Å². The third kappa shape index (κ3) is 4.06. The molecule has 0 aliphatic carbocycles. The maximum atomic E-state index is 6.29. The third-order valence-corrected chi connectivity index (χ3v) is 4.70. The average molecular weight is 340 g/mol. The van der Waals surface area contributed by atoms with Crippen LogP contribution in [0.3, 0.4) is 0 Å². The van der Waals surface area contributed by atoms with Crippen molar-refractivity contribution in [3.63, 3.8) is 0 Å². The molecule has 0 amide bonds. The molecule has 0 radical (unpaired) electrons. The van der Waals surface area contributed by atoms with Crippen LogP contribution in [0.2, 0.25) is 0 Å². The average Bonchev–Trinajstić information content (AvgIpc) is 2.74. The Morgan fingerprint density at radius 1 is 1.32 bits per heavy atom. The Balaban J connectivity index is 2.10. The van der Waals surface area contributed by atoms with Gasteiger partial charge in [0.05, 0.1) is 6.10 Å². The summed E-state index contributed by atoms with van der Waals surface area (Å²) in [6, 6.07) is 10.1. The second-order valence-corrected chi connectivity index (χ2v) is 6.60. The highest BCUT2D eigenvalue weighted by Gasteiger charge is 2.11. The first-order valence-electron chi connectivity index (χ1n) is 6.30. The Labute approximate surface area is 126 Å². The van der Waals surface area contributed by atoms with Crippen LogP contribution in [0.15, 0.2) is 40.2 Å². The van der Waals surface area contributed by atoms with E-state index in [-0.39, 0.29) is 12.1 Å². The Kier molecular flexibility index (Phi) is 5.02. The SMILES string of the molecule is CC(C)Oc1cccc(C(N)Cc2sccc2Br)c1. The van der Waals surface area contributed by atoms with Crippen molar-refractivity contribution in [2.75, 3.05) is 0 Å². The number of ether oxygens (including phenoxy) is 1. The second kappa shape index (κ2) is 6.55. The standard InChI is InChI=1S/C15H18BrNOS/c1-10(2)18-12-5-3-4-11(8-12)14(17)9-15-13(16)6-7-19-15/h3-8,10,14H,9,17H2,1-2H3. The predicted octanol–water partition coefficient (Wildman–Crippen LogP) is 4.54. The quantitative estimate of drug-likeness (QED) is 0.867. The molecule has 1 unspecified atom stereocenters. The van der Waals surface area contributed by atoms with Gasteiger partial charge in [-0.05, 0) is 58.9 Å². The summed E-state index contributed by atoms with van der Waals surface area (Å²) in [6.07, 6.45) is 1.02. The van der Waals surface area contributed by atoms with Crippen LogP contribution in [0.5, 0.6) is 5.75 Å². The number of halogens is 1. The summed E-state index contributed by atoms with van der Waals surface area (Å²) < 4.78 is 6.84. The molecule has 2 nitrogen and oxygen atoms in total. The molecule has 2 rings (SSSR count). The van der Waals surface area contributed by atoms with E-state index in [4.69, 9.17) is 10.5 Å². The molecule has 0 fully saturated rings. The zero-order chi connectivity index (χ0) is 13.8. The zero-order valence-electron chi connectivity index (χ0n) is 11.1. The topological polar surface area (TPSA) is 35.2 Å². The van der Waals surface area contributed by atoms with Crippen LogP contribution in [0.1, 0.15) is 30.3 Å². The van der Waals surface area contributed by atoms with Crippen molar-refractivity contribution in [1.82, 2.24) is 0 Å². The highest BCUT2D eigenvalue weighted by molar-refractivity contribution is 9.10. The Morgan fingerprint density at radius 3 is 2.74 bits per heavy atom. The van der Waals surface area contributed by atoms with Crippen molar-refractivity contribution >= 4 is 27.3 Å². The van der Waals surface area contributed by atoms with E-state index in [2.05, 4.69) is 33.4 Å². The summed E-state index contributed by atoms with van der Waals surface area (Å²) in [5.74, 6) is 0.883. The summed E-state index contributed by atoms with van der Waals surface area (Å²) in [7, 11) is 0. The molecule has 1 aromatic carbocycles. The molecular weight excluding hydrogens is 322 g/mol. The Bertz CT molecular complexity index is 538. The maximum Gasteiger partial charge on any atom is 0.120 e. The van der Waals surface area contributed by atoms with Crippen molar-refractivity contribution in [3.8, 4) is 5.75 Å². The molecule has 0 aliphatic heterocycles. The number of thiophene rings is 1. The lowest BCUT2D eigenvalue weighted by atomic mass is 10.0. The summed E-state index contributed by atoms with van der Waals surface area (Å²) >= 11 is 5.27. The molecule has 0 aliphatic rings. The van der Waals surface area contributed by atoms with Crippen molar-refractivity contribution in [3.05, 3.63) is 50.6 Å². The van der Waals surface area contributed by atoms with Gasteiger partial charge in [0.2, 0.25) is 0 Å². The van der Waals surface area contributed by atoms with Gasteiger partial charge >= 0.3 is 0 Å². The van der Waals surface area contributed by atoms with Gasteiger partial charge in [-0.1, -0.05) is 12.1 Å². The minimum Gasteiger partial charge on any atom is -0.491 e. The van der Waals surface area contributed by atoms with Crippen LogP contribution >= 0.6 is 27.3 Å². The molecule has 1 heterocycles. The number of nitrogens with two attached hydrogens (primary N) is 1. The fraction of sp³-hybridized carbons (Fsp3) is 0.333. The molecule has 0 saturated carbocycles. The smallest absolute Gasteiger partial charge is 0.120 e. The first-order valence-corrected chi connectivity index (χ1v) is 7.97. The minimum absolute atomic E-state index is 0.00865. The number of rotatable bonds is 5. The van der Waals surface area contributed by atoms with E-state index >= 15 is 0 Å². The monoisotopic (exact) mass is 339 g/mol. The van der Waals surface area contributed by atoms with Gasteiger partial charge in [0, 0.05) is 21.8 Å². The van der Waals surface area contributed by atoms with E-state index in [1.165, 1.54) is 4.88 Å². The maximum absolute atomic E-state index is 6.29. The summed E-state index contributed by atoms with van der Waals surface area (Å²) in [5.41, 5.74) is 7.39. The van der Waals surface area contributed by atoms with Gasteiger partial charge in [0.25, 0.3) is 0 Å². The highest BCUT2D eigenvalue weighted by atomic mass is 79.9. The van der Waals surface area contributed by atoms with Crippen LogP contribution in [0.25, 0.3) is 0 Å². The van der Waals surface area contributed by atoms with Crippen molar-refractivity contribution in [2.45, 2.75) is 32.4 Å². The lowest BCUT2D eigenvalue weighted by Crippen LogP contribution is -2.13. The third-order valence-electron chi connectivity index (χ3n) is 2.75. The van der Waals surface area contributed by atoms with Crippen LogP contribution in [0.4, 0.5) is 0 Å². The lowest BCUT2D eigenvalue weighted by molar-refractivity contribution is 0.242. The van der Waals surface area contributed by atoms with E-state index in [1.807, 2.05) is 32.0 Å². The van der Waals surface area contributed by atoms with Crippen molar-refractivity contribution in [2.24, 2.45) is 5.73 Å². The first kappa shape index (κ1) is 14.6. The number of benzene rings is 1. The van der Waals surface area contributed by atoms with Gasteiger partial charge in [-0.3, -0.25) is 0 Å². The second-order valence-electron chi connectivity index (χ2n) is 4.74. The van der Waals surface area contributed by atoms with Gasteiger partial charge in [-0.15, -0.1) is 11.3 Å². The van der Waals surface area contributed by atoms with E-state index in [0.29, 0.717) is 0 Å². The zero-order valence-corrected chi connectivity index (χ0v) is 13.5. The van der Waals surface area contributed by atoms with Gasteiger partial charge in [0.1, 0.15) is 5.75 Å². The van der Waals surface area contributed by atoms with Crippen molar-refractivity contribution < 1.29 is 4.74 Å². The summed E-state index contributed by atoms with van der Waals surface area (Å²) in [4.78, 5) is 1.28. The molecule has 19 heavy (non-hydrogen) atoms. The normalized spacial score (nSPS) is 12.7. The summed E-state index contributed by atoms with van der Waals surface area (Å²) in [5, 5.41) is 2.07. The van der Waals surface area contributed by atoms with E-state index in [0.717, 1.165) is 22.2 Å². The van der Waals surface area contributed by atoms with E-state index in [9.17, 15) is 0 Å². The lowest BCUT2D eigenvalue weighted by Gasteiger charge is -2.15. The van der Waals surface area contributed by atoms with E-state index < -0.39 is 0 Å². The fourth-order valence-electron chi connectivity index (χ4n) is 1.88. The number of hydrogen-bond acceptors (Lipinski definition) is 3. The molecule has 2 aromatic rings. The van der Waals surface area contributed by atoms with Crippen molar-refractivity contribution in [1.29, 1.82) is 0 Å². The largest absolute Gasteiger partial charge is 0.491 e. The van der Waals surface area contributed by atoms with Gasteiger partial charge < -0.3 is 10.5 Å². The summed E-state index contributed by atoms with van der Waals surface area (Å²) in [6.45, 7) is 4.05. The molecule has 4 heteroatoms. The predicted molar refractivity (Wildman–Crippen MR) is 84.9 cm³/mol. The molecule has 2 N–H and O–H groups in total. The molecule has 0 saturated heterocycles. The fourth-order valence-corrected chi connectivity index (χ4v) is 3.45.